The first kappa shape index (κ1) is 15.7. The molecule has 7 nitrogen and oxygen atoms in total. The van der Waals surface area contributed by atoms with Crippen LogP contribution in [-0.4, -0.2) is 41.1 Å². The molecule has 1 aromatic carbocycles. The zero-order valence-electron chi connectivity index (χ0n) is 12.0. The van der Waals surface area contributed by atoms with Gasteiger partial charge in [-0.25, -0.2) is 13.1 Å². The second-order valence-corrected chi connectivity index (χ2v) is 6.52. The predicted molar refractivity (Wildman–Crippen MR) is 78.9 cm³/mol. The van der Waals surface area contributed by atoms with Crippen molar-refractivity contribution in [3.8, 4) is 5.75 Å². The van der Waals surface area contributed by atoms with Crippen LogP contribution in [0, 0.1) is 0 Å². The molecule has 0 heterocycles. The fraction of sp³-hybridized carbons (Fsp3) is 0.462. The summed E-state index contributed by atoms with van der Waals surface area (Å²) in [6.07, 6.45) is 1.69. The maximum Gasteiger partial charge on any atom is 0.244 e. The van der Waals surface area contributed by atoms with Crippen LogP contribution >= 0.6 is 0 Å². The van der Waals surface area contributed by atoms with Crippen LogP contribution in [0.3, 0.4) is 0 Å². The molecule has 3 N–H and O–H groups in total. The van der Waals surface area contributed by atoms with E-state index in [1.165, 1.54) is 19.2 Å². The van der Waals surface area contributed by atoms with Gasteiger partial charge in [-0.1, -0.05) is 0 Å². The summed E-state index contributed by atoms with van der Waals surface area (Å²) in [6, 6.07) is 4.53. The molecule has 0 radical (unpaired) electrons. The molecule has 1 saturated carbocycles. The number of likely N-dealkylation sites (N-methyl/N-ethyl adjacent to an activating group) is 1. The topological polar surface area (TPSA) is 96.5 Å². The Hall–Kier alpha value is -1.64. The number of carbonyl (C=O) groups is 1. The van der Waals surface area contributed by atoms with E-state index in [1.807, 2.05) is 0 Å². The third-order valence-electron chi connectivity index (χ3n) is 2.97. The number of sulfonamides is 1. The number of anilines is 1. The lowest BCUT2D eigenvalue weighted by molar-refractivity contribution is -0.115. The first-order valence-electron chi connectivity index (χ1n) is 6.61. The SMILES string of the molecule is CNCC(=O)Nc1ccc(OC)c(S(=O)(=O)NC2CC2)c1. The van der Waals surface area contributed by atoms with Gasteiger partial charge in [0.15, 0.2) is 0 Å². The Labute approximate surface area is 124 Å². The van der Waals surface area contributed by atoms with E-state index in [0.717, 1.165) is 12.8 Å². The van der Waals surface area contributed by atoms with Crippen molar-refractivity contribution in [2.24, 2.45) is 0 Å². The lowest BCUT2D eigenvalue weighted by Gasteiger charge is -2.12. The average Bonchev–Trinajstić information content (AvgIpc) is 3.22. The highest BCUT2D eigenvalue weighted by molar-refractivity contribution is 7.89. The molecule has 0 aromatic heterocycles. The van der Waals surface area contributed by atoms with Gasteiger partial charge in [0.05, 0.1) is 13.7 Å². The summed E-state index contributed by atoms with van der Waals surface area (Å²) in [5.74, 6) is -0.00377. The van der Waals surface area contributed by atoms with Gasteiger partial charge in [-0.3, -0.25) is 4.79 Å². The predicted octanol–water partition coefficient (Wildman–Crippen LogP) is 0.294. The zero-order chi connectivity index (χ0) is 15.5. The van der Waals surface area contributed by atoms with E-state index in [2.05, 4.69) is 15.4 Å². The largest absolute Gasteiger partial charge is 0.495 e. The van der Waals surface area contributed by atoms with Crippen molar-refractivity contribution in [3.05, 3.63) is 18.2 Å². The molecule has 21 heavy (non-hydrogen) atoms. The van der Waals surface area contributed by atoms with Crippen molar-refractivity contribution >= 4 is 21.6 Å². The number of ether oxygens (including phenoxy) is 1. The molecule has 0 atom stereocenters. The molecule has 2 rings (SSSR count). The molecular formula is C13H19N3O4S. The quantitative estimate of drug-likeness (QED) is 0.672. The van der Waals surface area contributed by atoms with Gasteiger partial charge in [0.1, 0.15) is 10.6 Å². The first-order valence-corrected chi connectivity index (χ1v) is 8.09. The summed E-state index contributed by atoms with van der Waals surface area (Å²) in [5.41, 5.74) is 0.409. The highest BCUT2D eigenvalue weighted by Crippen LogP contribution is 2.29. The highest BCUT2D eigenvalue weighted by Gasteiger charge is 2.30. The number of rotatable bonds is 7. The van der Waals surface area contributed by atoms with Crippen molar-refractivity contribution in [2.45, 2.75) is 23.8 Å². The van der Waals surface area contributed by atoms with Gasteiger partial charge in [0.2, 0.25) is 15.9 Å². The molecule has 1 fully saturated rings. The number of hydrogen-bond donors (Lipinski definition) is 3. The molecule has 8 heteroatoms. The van der Waals surface area contributed by atoms with Gasteiger partial charge < -0.3 is 15.4 Å². The van der Waals surface area contributed by atoms with Gasteiger partial charge in [0, 0.05) is 11.7 Å². The molecule has 1 aliphatic rings. The second kappa shape index (κ2) is 6.42. The fourth-order valence-electron chi connectivity index (χ4n) is 1.81. The number of carbonyl (C=O) groups excluding carboxylic acids is 1. The van der Waals surface area contributed by atoms with E-state index >= 15 is 0 Å². The zero-order valence-corrected chi connectivity index (χ0v) is 12.8. The third kappa shape index (κ3) is 4.16. The van der Waals surface area contributed by atoms with Gasteiger partial charge in [0.25, 0.3) is 0 Å². The smallest absolute Gasteiger partial charge is 0.244 e. The molecule has 0 saturated heterocycles. The molecule has 1 aromatic rings. The standard InChI is InChI=1S/C13H19N3O4S/c1-14-8-13(17)15-10-5-6-11(20-2)12(7-10)21(18,19)16-9-3-4-9/h5-7,9,14,16H,3-4,8H2,1-2H3,(H,15,17). The van der Waals surface area contributed by atoms with Crippen LogP contribution in [0.2, 0.25) is 0 Å². The summed E-state index contributed by atoms with van der Waals surface area (Å²) in [5, 5.41) is 5.35. The molecule has 1 amide bonds. The minimum absolute atomic E-state index is 0.00208. The second-order valence-electron chi connectivity index (χ2n) is 4.84. The Morgan fingerprint density at radius 3 is 2.67 bits per heavy atom. The van der Waals surface area contributed by atoms with Crippen molar-refractivity contribution in [1.29, 1.82) is 0 Å². The van der Waals surface area contributed by atoms with Crippen LogP contribution in [0.5, 0.6) is 5.75 Å². The normalized spacial score (nSPS) is 14.8. The molecule has 0 unspecified atom stereocenters. The van der Waals surface area contributed by atoms with Crippen LogP contribution < -0.4 is 20.1 Å². The van der Waals surface area contributed by atoms with Crippen LogP contribution in [0.1, 0.15) is 12.8 Å². The van der Waals surface area contributed by atoms with Gasteiger partial charge in [-0.15, -0.1) is 0 Å². The summed E-state index contributed by atoms with van der Waals surface area (Å²) in [6.45, 7) is 0.147. The van der Waals surface area contributed by atoms with Crippen molar-refractivity contribution in [2.75, 3.05) is 26.0 Å². The van der Waals surface area contributed by atoms with E-state index in [4.69, 9.17) is 4.74 Å². The van der Waals surface area contributed by atoms with Crippen molar-refractivity contribution < 1.29 is 17.9 Å². The molecule has 0 bridgehead atoms. The molecule has 0 spiro atoms. The maximum absolute atomic E-state index is 12.3. The number of amides is 1. The van der Waals surface area contributed by atoms with E-state index in [-0.39, 0.29) is 29.1 Å². The minimum Gasteiger partial charge on any atom is -0.495 e. The number of nitrogens with one attached hydrogen (secondary N) is 3. The van der Waals surface area contributed by atoms with E-state index in [0.29, 0.717) is 5.69 Å². The Bertz CT molecular complexity index is 626. The third-order valence-corrected chi connectivity index (χ3v) is 4.52. The van der Waals surface area contributed by atoms with Gasteiger partial charge in [-0.05, 0) is 38.1 Å². The maximum atomic E-state index is 12.3. The van der Waals surface area contributed by atoms with Crippen LogP contribution in [-0.2, 0) is 14.8 Å². The van der Waals surface area contributed by atoms with Gasteiger partial charge >= 0.3 is 0 Å². The lowest BCUT2D eigenvalue weighted by Crippen LogP contribution is -2.27. The molecule has 1 aliphatic carbocycles. The summed E-state index contributed by atoms with van der Waals surface area (Å²) < 4.78 is 32.3. The monoisotopic (exact) mass is 313 g/mol. The molecule has 0 aliphatic heterocycles. The Morgan fingerprint density at radius 2 is 2.10 bits per heavy atom. The van der Waals surface area contributed by atoms with Crippen LogP contribution in [0.25, 0.3) is 0 Å². The van der Waals surface area contributed by atoms with E-state index in [9.17, 15) is 13.2 Å². The summed E-state index contributed by atoms with van der Waals surface area (Å²) in [4.78, 5) is 11.6. The Balaban J connectivity index is 2.27. The van der Waals surface area contributed by atoms with Crippen molar-refractivity contribution in [3.63, 3.8) is 0 Å². The fourth-order valence-corrected chi connectivity index (χ4v) is 3.31. The number of hydrogen-bond acceptors (Lipinski definition) is 5. The van der Waals surface area contributed by atoms with Crippen molar-refractivity contribution in [1.82, 2.24) is 10.0 Å². The number of methoxy groups -OCH3 is 1. The molecular weight excluding hydrogens is 294 g/mol. The van der Waals surface area contributed by atoms with Crippen LogP contribution in [0.15, 0.2) is 23.1 Å². The molecule has 116 valence electrons. The summed E-state index contributed by atoms with van der Waals surface area (Å²) in [7, 11) is -0.589. The lowest BCUT2D eigenvalue weighted by atomic mass is 10.3. The first-order chi connectivity index (χ1) is 9.96. The Morgan fingerprint density at radius 1 is 1.38 bits per heavy atom. The summed E-state index contributed by atoms with van der Waals surface area (Å²) >= 11 is 0. The van der Waals surface area contributed by atoms with E-state index < -0.39 is 10.0 Å². The van der Waals surface area contributed by atoms with Gasteiger partial charge in [-0.2, -0.15) is 0 Å². The van der Waals surface area contributed by atoms with Crippen LogP contribution in [0.4, 0.5) is 5.69 Å². The minimum atomic E-state index is -3.65. The Kier molecular flexibility index (Phi) is 4.81. The number of benzene rings is 1. The highest BCUT2D eigenvalue weighted by atomic mass is 32.2. The van der Waals surface area contributed by atoms with E-state index in [1.54, 1.807) is 13.1 Å². The average molecular weight is 313 g/mol.